The third kappa shape index (κ3) is 9.10. The van der Waals surface area contributed by atoms with Gasteiger partial charge in [0.05, 0.1) is 22.4 Å². The van der Waals surface area contributed by atoms with Gasteiger partial charge in [-0.1, -0.05) is 56.0 Å². The fourth-order valence-electron chi connectivity index (χ4n) is 7.16. The van der Waals surface area contributed by atoms with E-state index in [-0.39, 0.29) is 36.9 Å². The van der Waals surface area contributed by atoms with E-state index in [1.165, 1.54) is 11.1 Å². The Kier molecular flexibility index (Phi) is 11.7. The number of imidazole rings is 1. The van der Waals surface area contributed by atoms with Crippen LogP contribution < -0.4 is 4.40 Å². The quantitative estimate of drug-likeness (QED) is 0.123. The van der Waals surface area contributed by atoms with Crippen LogP contribution in [0.1, 0.15) is 80.5 Å². The van der Waals surface area contributed by atoms with Gasteiger partial charge in [-0.15, -0.1) is 18.2 Å². The number of benzene rings is 4. The Morgan fingerprint density at radius 2 is 1.48 bits per heavy atom. The molecule has 301 valence electrons. The average Bonchev–Trinajstić information content (AvgIpc) is 3.75. The molecule has 4 heterocycles. The Morgan fingerprint density at radius 1 is 0.793 bits per heavy atom. The smallest absolute Gasteiger partial charge is 0 e. The number of hydrogen-bond donors (Lipinski definition) is 0. The van der Waals surface area contributed by atoms with Crippen molar-refractivity contribution >= 4 is 50.8 Å². The molecule has 0 N–H and O–H groups in total. The normalized spacial score (nSPS) is 13.0. The predicted octanol–water partition coefficient (Wildman–Crippen LogP) is 13.0. The van der Waals surface area contributed by atoms with Crippen LogP contribution in [-0.2, 0) is 37.3 Å². The molecule has 58 heavy (non-hydrogen) atoms. The van der Waals surface area contributed by atoms with Crippen molar-refractivity contribution in [2.45, 2.75) is 96.8 Å². The second-order valence-corrected chi connectivity index (χ2v) is 29.0. The minimum atomic E-state index is -2.25. The van der Waals surface area contributed by atoms with E-state index in [9.17, 15) is 0 Å². The Morgan fingerprint density at radius 3 is 2.16 bits per heavy atom. The zero-order valence-corrected chi connectivity index (χ0v) is 40.4. The Labute approximate surface area is 364 Å². The zero-order chi connectivity index (χ0) is 42.7. The fraction of sp³-hybridized carbons (Fsp3) is 0.314. The molecule has 0 fully saturated rings. The maximum atomic E-state index is 8.70. The summed E-state index contributed by atoms with van der Waals surface area (Å²) in [5.41, 5.74) is 11.4. The topological polar surface area (TPSA) is 56.7 Å². The van der Waals surface area contributed by atoms with Gasteiger partial charge in [0.25, 0.3) is 0 Å². The van der Waals surface area contributed by atoms with Crippen LogP contribution in [0.15, 0.2) is 108 Å². The standard InChI is InChI=1S/C29H24N3O.C22H32GeN.Ir/c1-18-12-17-22-21-8-7-9-23(26(21)33-28(22)30-18)27-31-24-10-5-6-11-25(24)32(27)20-15-13-19(14-16-20)29(2,3)4;1-16(2)12-18-14-21(24-15-20(18)23(6,7)8)17-10-9-11-19(13-17)22(3,4)5;/h5-8,10-17H,1-4H3;9,11,13-16H,12H2,1-8H3;/q2*-1;/i;12D2;. The van der Waals surface area contributed by atoms with Gasteiger partial charge < -0.3 is 8.98 Å². The molecule has 0 spiro atoms. The van der Waals surface area contributed by atoms with Crippen molar-refractivity contribution in [3.8, 4) is 28.3 Å². The van der Waals surface area contributed by atoms with Gasteiger partial charge in [0.15, 0.2) is 0 Å². The van der Waals surface area contributed by atoms with Gasteiger partial charge in [0.1, 0.15) is 0 Å². The predicted molar refractivity (Wildman–Crippen MR) is 243 cm³/mol. The number of rotatable bonds is 6. The molecule has 4 aromatic carbocycles. The molecule has 0 saturated carbocycles. The van der Waals surface area contributed by atoms with Crippen LogP contribution in [0.25, 0.3) is 61.4 Å². The number of aryl methyl sites for hydroxylation is 1. The van der Waals surface area contributed by atoms with Crippen LogP contribution in [0.5, 0.6) is 0 Å². The first-order valence-corrected chi connectivity index (χ1v) is 27.3. The molecule has 0 bridgehead atoms. The first kappa shape index (κ1) is 40.4. The summed E-state index contributed by atoms with van der Waals surface area (Å²) in [6.07, 6.45) is 0.565. The second-order valence-electron chi connectivity index (χ2n) is 18.5. The number of hydrogen-bond acceptors (Lipinski definition) is 4. The SMILES string of the molecule is Cc1ccc2c(n1)oc1c(-c3nc4ccccc4n3-c3ccc(C(C)(C)C)cc3)[c-]ccc12.[2H]C([2H])(c1cc(-c2[c-]ccc(C(C)(C)C)c2)nc[c]1[Ge]([CH3])([CH3])[CH3])C(C)C.[Ir]. The Balaban J connectivity index is 0.000000204. The molecule has 5 nitrogen and oxygen atoms in total. The van der Waals surface area contributed by atoms with Crippen LogP contribution in [0.2, 0.25) is 17.3 Å². The molecule has 0 aliphatic heterocycles. The molecule has 7 heteroatoms. The summed E-state index contributed by atoms with van der Waals surface area (Å²) in [7, 11) is 0. The summed E-state index contributed by atoms with van der Waals surface area (Å²) >= 11 is -2.25. The van der Waals surface area contributed by atoms with Gasteiger partial charge in [0, 0.05) is 36.9 Å². The van der Waals surface area contributed by atoms with Crippen molar-refractivity contribution in [2.75, 3.05) is 0 Å². The van der Waals surface area contributed by atoms with E-state index < -0.39 is 19.6 Å². The van der Waals surface area contributed by atoms with Gasteiger partial charge in [-0.3, -0.25) is 4.98 Å². The van der Waals surface area contributed by atoms with Crippen molar-refractivity contribution in [1.29, 1.82) is 0 Å². The van der Waals surface area contributed by atoms with Gasteiger partial charge in [-0.2, -0.15) is 0 Å². The summed E-state index contributed by atoms with van der Waals surface area (Å²) in [6.45, 7) is 19.1. The van der Waals surface area contributed by atoms with Crippen LogP contribution in [0, 0.1) is 25.0 Å². The van der Waals surface area contributed by atoms with Crippen LogP contribution in [0.3, 0.4) is 0 Å². The minimum absolute atomic E-state index is 0. The molecular formula is C51H56GeIrN4O-2. The Bertz CT molecular complexity index is 2800. The third-order valence-corrected chi connectivity index (χ3v) is 14.5. The fourth-order valence-corrected chi connectivity index (χ4v) is 10.1. The summed E-state index contributed by atoms with van der Waals surface area (Å²) in [4.78, 5) is 14.3. The van der Waals surface area contributed by atoms with E-state index >= 15 is 0 Å². The van der Waals surface area contributed by atoms with Crippen LogP contribution >= 0.6 is 0 Å². The molecule has 8 rings (SSSR count). The molecular weight excluding hydrogens is 949 g/mol. The summed E-state index contributed by atoms with van der Waals surface area (Å²) in [5.74, 6) is 7.60. The maximum absolute atomic E-state index is 8.70. The molecule has 1 radical (unpaired) electrons. The number of para-hydroxylation sites is 2. The van der Waals surface area contributed by atoms with E-state index in [1.54, 1.807) is 0 Å². The summed E-state index contributed by atoms with van der Waals surface area (Å²) < 4.78 is 27.0. The molecule has 4 aromatic heterocycles. The van der Waals surface area contributed by atoms with Crippen molar-refractivity contribution in [3.63, 3.8) is 0 Å². The van der Waals surface area contributed by atoms with E-state index in [2.05, 4.69) is 129 Å². The van der Waals surface area contributed by atoms with Crippen LogP contribution in [-0.4, -0.2) is 32.8 Å². The molecule has 0 saturated heterocycles. The summed E-state index contributed by atoms with van der Waals surface area (Å²) in [5, 5.41) is 2.02. The van der Waals surface area contributed by atoms with Gasteiger partial charge in [-0.05, 0) is 54.3 Å². The zero-order valence-electron chi connectivity index (χ0n) is 37.9. The molecule has 0 atom stereocenters. The van der Waals surface area contributed by atoms with Crippen LogP contribution in [0.4, 0.5) is 0 Å². The molecule has 0 unspecified atom stereocenters. The largest absolute Gasteiger partial charge is 0 e. The maximum Gasteiger partial charge on any atom is 0 e. The molecule has 0 amide bonds. The summed E-state index contributed by atoms with van der Waals surface area (Å²) in [6, 6.07) is 39.9. The average molecular weight is 1010 g/mol. The number of nitrogens with zero attached hydrogens (tertiary/aromatic N) is 4. The van der Waals surface area contributed by atoms with Gasteiger partial charge >= 0.3 is 154 Å². The monoisotopic (exact) mass is 1010 g/mol. The van der Waals surface area contributed by atoms with E-state index in [0.29, 0.717) is 5.71 Å². The van der Waals surface area contributed by atoms with Crippen molar-refractivity contribution < 1.29 is 27.3 Å². The third-order valence-electron chi connectivity index (χ3n) is 10.3. The molecule has 0 aliphatic rings. The van der Waals surface area contributed by atoms with Crippen molar-refractivity contribution in [2.24, 2.45) is 5.92 Å². The van der Waals surface area contributed by atoms with E-state index in [0.717, 1.165) is 71.4 Å². The number of fused-ring (bicyclic) bond motifs is 4. The van der Waals surface area contributed by atoms with E-state index in [1.807, 2.05) is 75.5 Å². The van der Waals surface area contributed by atoms with Crippen molar-refractivity contribution in [1.82, 2.24) is 19.5 Å². The van der Waals surface area contributed by atoms with Gasteiger partial charge in [0.2, 0.25) is 5.71 Å². The number of pyridine rings is 2. The number of aromatic nitrogens is 4. The van der Waals surface area contributed by atoms with Gasteiger partial charge in [-0.25, -0.2) is 4.98 Å². The first-order valence-electron chi connectivity index (χ1n) is 21.0. The second kappa shape index (κ2) is 16.7. The number of furan rings is 1. The molecule has 0 aliphatic carbocycles. The van der Waals surface area contributed by atoms with E-state index in [4.69, 9.17) is 17.1 Å². The Hall–Kier alpha value is -4.36. The first-order chi connectivity index (χ1) is 27.6. The minimum Gasteiger partial charge on any atom is 0 e. The molecule has 8 aromatic rings. The van der Waals surface area contributed by atoms with Crippen molar-refractivity contribution in [3.05, 3.63) is 138 Å².